The van der Waals surface area contributed by atoms with Crippen LogP contribution in [0.4, 0.5) is 0 Å². The first kappa shape index (κ1) is 27.1. The van der Waals surface area contributed by atoms with Gasteiger partial charge in [0.1, 0.15) is 0 Å². The smallest absolute Gasteiger partial charge is 0.0743 e. The molecule has 1 heteroatoms. The molecule has 204 valence electrons. The van der Waals surface area contributed by atoms with Crippen LogP contribution in [0.25, 0.3) is 0 Å². The van der Waals surface area contributed by atoms with Gasteiger partial charge in [-0.15, -0.1) is 6.42 Å². The quantitative estimate of drug-likeness (QED) is 0.353. The third-order valence-corrected chi connectivity index (χ3v) is 14.8. The van der Waals surface area contributed by atoms with Crippen molar-refractivity contribution in [3.8, 4) is 12.3 Å². The third kappa shape index (κ3) is 3.44. The average Bonchev–Trinajstić information content (AvgIpc) is 3.39. The number of rotatable bonds is 4. The second-order valence-electron chi connectivity index (χ2n) is 16.3. The third-order valence-electron chi connectivity index (χ3n) is 14.8. The van der Waals surface area contributed by atoms with E-state index in [0.717, 1.165) is 30.1 Å². The van der Waals surface area contributed by atoms with Gasteiger partial charge >= 0.3 is 0 Å². The van der Waals surface area contributed by atoms with Crippen LogP contribution in [0, 0.1) is 69.0 Å². The molecule has 1 saturated heterocycles. The number of fused-ring (bicyclic) bond motifs is 5. The van der Waals surface area contributed by atoms with Crippen LogP contribution < -0.4 is 0 Å². The summed E-state index contributed by atoms with van der Waals surface area (Å²) >= 11 is 0. The molecular formula is C35H58O. The van der Waals surface area contributed by atoms with Crippen LogP contribution in [0.3, 0.4) is 0 Å². The zero-order chi connectivity index (χ0) is 26.4. The molecule has 1 nitrogen and oxygen atoms in total. The van der Waals surface area contributed by atoms with Gasteiger partial charge in [-0.1, -0.05) is 53.9 Å². The lowest BCUT2D eigenvalue weighted by atomic mass is 9.34. The SMILES string of the molecule is C#CC(C)(C)C1CCC(C)(C2CCC3(C)C2CCC2C4(C)CCC(C)C(C)(CCC)C4CCC23C)O1. The van der Waals surface area contributed by atoms with Gasteiger partial charge in [-0.3, -0.25) is 0 Å². The van der Waals surface area contributed by atoms with Crippen molar-refractivity contribution in [1.82, 2.24) is 0 Å². The van der Waals surface area contributed by atoms with E-state index in [1.54, 1.807) is 0 Å². The highest BCUT2D eigenvalue weighted by molar-refractivity contribution is 5.19. The van der Waals surface area contributed by atoms with Gasteiger partial charge in [-0.2, -0.15) is 0 Å². The molecule has 1 aliphatic heterocycles. The molecule has 36 heavy (non-hydrogen) atoms. The Morgan fingerprint density at radius 1 is 0.806 bits per heavy atom. The minimum absolute atomic E-state index is 0.00544. The summed E-state index contributed by atoms with van der Waals surface area (Å²) in [5.74, 6) is 7.22. The molecule has 1 heterocycles. The lowest BCUT2D eigenvalue weighted by Gasteiger charge is -2.70. The van der Waals surface area contributed by atoms with Crippen molar-refractivity contribution in [2.45, 2.75) is 151 Å². The van der Waals surface area contributed by atoms with Crippen LogP contribution in [0.5, 0.6) is 0 Å². The first-order valence-corrected chi connectivity index (χ1v) is 15.9. The molecule has 0 spiro atoms. The van der Waals surface area contributed by atoms with E-state index in [1.165, 1.54) is 70.6 Å². The van der Waals surface area contributed by atoms with E-state index in [4.69, 9.17) is 11.2 Å². The Bertz CT molecular complexity index is 897. The average molecular weight is 495 g/mol. The predicted octanol–water partition coefficient (Wildman–Crippen LogP) is 9.68. The molecule has 5 fully saturated rings. The standard InChI is InChI=1S/C35H58O/c1-11-19-31(6)24(3)15-20-32(7)27(31)17-22-34(9)28(32)14-13-25-26(16-21-33(25,34)8)35(10)23-18-29(36-35)30(4,5)12-2/h2,24-29H,11,13-23H2,1,3-10H3. The minimum Gasteiger partial charge on any atom is -0.370 e. The molecule has 0 amide bonds. The largest absolute Gasteiger partial charge is 0.370 e. The van der Waals surface area contributed by atoms with Crippen LogP contribution in [0.15, 0.2) is 0 Å². The van der Waals surface area contributed by atoms with Gasteiger partial charge in [0.05, 0.1) is 17.1 Å². The lowest BCUT2D eigenvalue weighted by Crippen LogP contribution is -2.63. The maximum Gasteiger partial charge on any atom is 0.0743 e. The zero-order valence-corrected chi connectivity index (χ0v) is 25.4. The van der Waals surface area contributed by atoms with E-state index in [9.17, 15) is 0 Å². The summed E-state index contributed by atoms with van der Waals surface area (Å²) in [5.41, 5.74) is 1.81. The van der Waals surface area contributed by atoms with Crippen molar-refractivity contribution in [3.63, 3.8) is 0 Å². The van der Waals surface area contributed by atoms with Gasteiger partial charge in [-0.05, 0) is 143 Å². The van der Waals surface area contributed by atoms with E-state index < -0.39 is 0 Å². The highest BCUT2D eigenvalue weighted by Crippen LogP contribution is 2.76. The number of hydrogen-bond donors (Lipinski definition) is 0. The maximum atomic E-state index is 6.98. The maximum absolute atomic E-state index is 6.98. The van der Waals surface area contributed by atoms with Crippen LogP contribution in [-0.4, -0.2) is 11.7 Å². The molecule has 5 rings (SSSR count). The molecule has 0 bridgehead atoms. The molecule has 0 N–H and O–H groups in total. The summed E-state index contributed by atoms with van der Waals surface area (Å²) in [6.45, 7) is 22.8. The number of ether oxygens (including phenoxy) is 1. The first-order chi connectivity index (χ1) is 16.7. The van der Waals surface area contributed by atoms with E-state index in [2.05, 4.69) is 68.2 Å². The summed E-state index contributed by atoms with van der Waals surface area (Å²) in [5, 5.41) is 0. The Labute approximate surface area is 224 Å². The Balaban J connectivity index is 1.43. The molecule has 0 aromatic carbocycles. The number of hydrogen-bond acceptors (Lipinski definition) is 1. The lowest BCUT2D eigenvalue weighted by molar-refractivity contribution is -0.221. The molecule has 11 unspecified atom stereocenters. The molecule has 0 radical (unpaired) electrons. The van der Waals surface area contributed by atoms with Crippen molar-refractivity contribution >= 4 is 0 Å². The summed E-state index contributed by atoms with van der Waals surface area (Å²) in [4.78, 5) is 0. The summed E-state index contributed by atoms with van der Waals surface area (Å²) in [7, 11) is 0. The Morgan fingerprint density at radius 3 is 2.17 bits per heavy atom. The van der Waals surface area contributed by atoms with E-state index in [0.29, 0.717) is 27.6 Å². The minimum atomic E-state index is -0.167. The second-order valence-corrected chi connectivity index (χ2v) is 16.3. The van der Waals surface area contributed by atoms with Crippen LogP contribution in [0.1, 0.15) is 139 Å². The van der Waals surface area contributed by atoms with Gasteiger partial charge in [0.15, 0.2) is 0 Å². The van der Waals surface area contributed by atoms with Crippen molar-refractivity contribution in [2.24, 2.45) is 56.7 Å². The van der Waals surface area contributed by atoms with E-state index in [1.807, 2.05) is 0 Å². The van der Waals surface area contributed by atoms with Crippen molar-refractivity contribution < 1.29 is 4.74 Å². The zero-order valence-electron chi connectivity index (χ0n) is 25.4. The molecule has 4 aliphatic carbocycles. The van der Waals surface area contributed by atoms with Crippen LogP contribution >= 0.6 is 0 Å². The second kappa shape index (κ2) is 8.51. The predicted molar refractivity (Wildman–Crippen MR) is 153 cm³/mol. The molecule has 11 atom stereocenters. The Hall–Kier alpha value is -0.480. The fourth-order valence-corrected chi connectivity index (χ4v) is 12.2. The fourth-order valence-electron chi connectivity index (χ4n) is 12.2. The van der Waals surface area contributed by atoms with Crippen molar-refractivity contribution in [1.29, 1.82) is 0 Å². The first-order valence-electron chi connectivity index (χ1n) is 15.9. The Kier molecular flexibility index (Phi) is 6.40. The van der Waals surface area contributed by atoms with Crippen molar-refractivity contribution in [3.05, 3.63) is 0 Å². The summed E-state index contributed by atoms with van der Waals surface area (Å²) in [6, 6.07) is 0. The summed E-state index contributed by atoms with van der Waals surface area (Å²) < 4.78 is 6.98. The molecular weight excluding hydrogens is 436 g/mol. The molecule has 0 aromatic rings. The highest BCUT2D eigenvalue weighted by atomic mass is 16.5. The van der Waals surface area contributed by atoms with Gasteiger partial charge in [0.2, 0.25) is 0 Å². The van der Waals surface area contributed by atoms with Gasteiger partial charge in [0.25, 0.3) is 0 Å². The normalized spacial score (nSPS) is 54.9. The highest BCUT2D eigenvalue weighted by Gasteiger charge is 2.70. The summed E-state index contributed by atoms with van der Waals surface area (Å²) in [6.07, 6.45) is 22.7. The molecule has 0 aromatic heterocycles. The van der Waals surface area contributed by atoms with Crippen LogP contribution in [0.2, 0.25) is 0 Å². The van der Waals surface area contributed by atoms with E-state index in [-0.39, 0.29) is 17.1 Å². The van der Waals surface area contributed by atoms with Gasteiger partial charge in [-0.25, -0.2) is 0 Å². The number of terminal acetylenes is 1. The van der Waals surface area contributed by atoms with Gasteiger partial charge < -0.3 is 4.74 Å². The van der Waals surface area contributed by atoms with Crippen LogP contribution in [-0.2, 0) is 4.74 Å². The fraction of sp³-hybridized carbons (Fsp3) is 0.943. The van der Waals surface area contributed by atoms with Gasteiger partial charge in [0, 0.05) is 0 Å². The monoisotopic (exact) mass is 494 g/mol. The van der Waals surface area contributed by atoms with E-state index >= 15 is 0 Å². The Morgan fingerprint density at radius 2 is 1.50 bits per heavy atom. The topological polar surface area (TPSA) is 9.23 Å². The molecule has 5 aliphatic rings. The van der Waals surface area contributed by atoms with Crippen molar-refractivity contribution in [2.75, 3.05) is 0 Å². The molecule has 4 saturated carbocycles.